The fraction of sp³-hybridized carbons (Fsp3) is 0.222. The summed E-state index contributed by atoms with van der Waals surface area (Å²) in [6.07, 6.45) is 0. The lowest BCUT2D eigenvalue weighted by Crippen LogP contribution is -2.14. The van der Waals surface area contributed by atoms with E-state index in [4.69, 9.17) is 9.47 Å². The number of hydrogen-bond acceptors (Lipinski definition) is 7. The first-order valence-corrected chi connectivity index (χ1v) is 8.93. The predicted octanol–water partition coefficient (Wildman–Crippen LogP) is 4.17. The van der Waals surface area contributed by atoms with Crippen molar-refractivity contribution >= 4 is 38.3 Å². The molecule has 0 bridgehead atoms. The molecule has 0 aliphatic heterocycles. The van der Waals surface area contributed by atoms with Crippen LogP contribution in [0.15, 0.2) is 30.3 Å². The highest BCUT2D eigenvalue weighted by Crippen LogP contribution is 2.35. The molecule has 0 atom stereocenters. The second kappa shape index (κ2) is 7.58. The van der Waals surface area contributed by atoms with Crippen LogP contribution >= 0.6 is 11.3 Å². The quantitative estimate of drug-likeness (QED) is 0.503. The van der Waals surface area contributed by atoms with Crippen LogP contribution in [0.3, 0.4) is 0 Å². The van der Waals surface area contributed by atoms with Crippen LogP contribution < -0.4 is 14.8 Å². The Kier molecular flexibility index (Phi) is 5.22. The molecular weight excluding hydrogens is 370 g/mol. The van der Waals surface area contributed by atoms with E-state index in [2.05, 4.69) is 10.3 Å². The molecule has 0 aliphatic rings. The molecule has 0 saturated carbocycles. The number of nitro benzene ring substituents is 1. The molecule has 0 aliphatic carbocycles. The maximum absolute atomic E-state index is 12.7. The molecule has 140 valence electrons. The normalized spacial score (nSPS) is 10.6. The summed E-state index contributed by atoms with van der Waals surface area (Å²) in [6.45, 7) is 4.02. The van der Waals surface area contributed by atoms with Crippen molar-refractivity contribution < 1.29 is 19.2 Å². The van der Waals surface area contributed by atoms with Crippen molar-refractivity contribution in [2.24, 2.45) is 0 Å². The summed E-state index contributed by atoms with van der Waals surface area (Å²) in [5.74, 6) is -0.186. The number of ether oxygens (including phenoxy) is 2. The van der Waals surface area contributed by atoms with Crippen molar-refractivity contribution in [1.29, 1.82) is 0 Å². The zero-order valence-corrected chi connectivity index (χ0v) is 15.8. The number of benzene rings is 2. The largest absolute Gasteiger partial charge is 0.493 e. The number of carbonyl (C=O) groups is 1. The Balaban J connectivity index is 2.00. The molecule has 0 unspecified atom stereocenters. The van der Waals surface area contributed by atoms with Gasteiger partial charge >= 0.3 is 0 Å². The number of nitrogens with zero attached hydrogens (tertiary/aromatic N) is 2. The Morgan fingerprint density at radius 1 is 1.33 bits per heavy atom. The summed E-state index contributed by atoms with van der Waals surface area (Å²) < 4.78 is 11.5. The van der Waals surface area contributed by atoms with E-state index < -0.39 is 10.8 Å². The number of aryl methyl sites for hydroxylation is 1. The summed E-state index contributed by atoms with van der Waals surface area (Å²) in [4.78, 5) is 27.9. The van der Waals surface area contributed by atoms with Gasteiger partial charge in [0.1, 0.15) is 5.56 Å². The van der Waals surface area contributed by atoms with E-state index in [1.54, 1.807) is 6.92 Å². The van der Waals surface area contributed by atoms with Gasteiger partial charge in [0.25, 0.3) is 11.6 Å². The summed E-state index contributed by atoms with van der Waals surface area (Å²) in [7, 11) is 1.38. The molecule has 1 amide bonds. The number of fused-ring (bicyclic) bond motifs is 1. The third kappa shape index (κ3) is 3.68. The highest BCUT2D eigenvalue weighted by molar-refractivity contribution is 7.22. The molecular formula is C18H17N3O5S. The molecule has 0 radical (unpaired) electrons. The van der Waals surface area contributed by atoms with Gasteiger partial charge in [-0.1, -0.05) is 23.5 Å². The minimum atomic E-state index is -0.637. The lowest BCUT2D eigenvalue weighted by atomic mass is 10.1. The van der Waals surface area contributed by atoms with E-state index in [1.807, 2.05) is 25.1 Å². The van der Waals surface area contributed by atoms with Gasteiger partial charge in [0.15, 0.2) is 16.6 Å². The molecule has 0 spiro atoms. The molecule has 27 heavy (non-hydrogen) atoms. The van der Waals surface area contributed by atoms with Gasteiger partial charge in [0, 0.05) is 6.07 Å². The number of carbonyl (C=O) groups excluding carboxylic acids is 1. The number of anilines is 1. The number of nitro groups is 1. The molecule has 3 aromatic rings. The molecule has 8 nitrogen and oxygen atoms in total. The van der Waals surface area contributed by atoms with Crippen LogP contribution in [0.1, 0.15) is 22.8 Å². The first kappa shape index (κ1) is 18.6. The molecule has 2 aromatic carbocycles. The van der Waals surface area contributed by atoms with E-state index in [0.717, 1.165) is 15.8 Å². The molecule has 3 rings (SSSR count). The van der Waals surface area contributed by atoms with Gasteiger partial charge in [-0.25, -0.2) is 4.98 Å². The van der Waals surface area contributed by atoms with Crippen molar-refractivity contribution in [2.45, 2.75) is 13.8 Å². The monoisotopic (exact) mass is 387 g/mol. The van der Waals surface area contributed by atoms with Gasteiger partial charge in [0.2, 0.25) is 0 Å². The SMILES string of the molecule is CCOc1cc(C(=O)Nc2nc3c(C)cccc3s2)c([N+](=O)[O-])cc1OC. The van der Waals surface area contributed by atoms with Gasteiger partial charge in [-0.2, -0.15) is 0 Å². The Labute approximate surface area is 158 Å². The van der Waals surface area contributed by atoms with Gasteiger partial charge < -0.3 is 9.47 Å². The third-order valence-corrected chi connectivity index (χ3v) is 4.80. The van der Waals surface area contributed by atoms with E-state index in [1.165, 1.54) is 30.6 Å². The van der Waals surface area contributed by atoms with Crippen molar-refractivity contribution in [3.8, 4) is 11.5 Å². The average Bonchev–Trinajstić information content (AvgIpc) is 3.05. The number of nitrogens with one attached hydrogen (secondary N) is 1. The number of thiazole rings is 1. The van der Waals surface area contributed by atoms with Crippen LogP contribution in [-0.2, 0) is 0 Å². The Morgan fingerprint density at radius 2 is 2.11 bits per heavy atom. The second-order valence-electron chi connectivity index (χ2n) is 5.61. The maximum Gasteiger partial charge on any atom is 0.286 e. The van der Waals surface area contributed by atoms with Gasteiger partial charge in [-0.15, -0.1) is 0 Å². The number of amides is 1. The zero-order valence-electron chi connectivity index (χ0n) is 14.9. The van der Waals surface area contributed by atoms with Crippen molar-refractivity contribution in [1.82, 2.24) is 4.98 Å². The van der Waals surface area contributed by atoms with Crippen LogP contribution in [0.2, 0.25) is 0 Å². The summed E-state index contributed by atoms with van der Waals surface area (Å²) >= 11 is 1.30. The van der Waals surface area contributed by atoms with E-state index >= 15 is 0 Å². The minimum Gasteiger partial charge on any atom is -0.493 e. The summed E-state index contributed by atoms with van der Waals surface area (Å²) in [6, 6.07) is 8.23. The fourth-order valence-electron chi connectivity index (χ4n) is 2.61. The Hall–Kier alpha value is -3.20. The number of methoxy groups -OCH3 is 1. The lowest BCUT2D eigenvalue weighted by Gasteiger charge is -2.11. The topological polar surface area (TPSA) is 104 Å². The molecule has 9 heteroatoms. The van der Waals surface area contributed by atoms with E-state index in [9.17, 15) is 14.9 Å². The van der Waals surface area contributed by atoms with Gasteiger partial charge in [0.05, 0.1) is 34.9 Å². The summed E-state index contributed by atoms with van der Waals surface area (Å²) in [5.41, 5.74) is 1.28. The van der Waals surface area contributed by atoms with Gasteiger partial charge in [-0.3, -0.25) is 20.2 Å². The number of aromatic nitrogens is 1. The van der Waals surface area contributed by atoms with E-state index in [-0.39, 0.29) is 22.7 Å². The number of rotatable bonds is 6. The van der Waals surface area contributed by atoms with Crippen LogP contribution in [0.4, 0.5) is 10.8 Å². The Bertz CT molecular complexity index is 1030. The van der Waals surface area contributed by atoms with E-state index in [0.29, 0.717) is 11.7 Å². The Morgan fingerprint density at radius 3 is 2.74 bits per heavy atom. The highest BCUT2D eigenvalue weighted by Gasteiger charge is 2.25. The summed E-state index contributed by atoms with van der Waals surface area (Å²) in [5, 5.41) is 14.4. The second-order valence-corrected chi connectivity index (χ2v) is 6.64. The van der Waals surface area contributed by atoms with Crippen molar-refractivity contribution in [3.05, 3.63) is 51.6 Å². The molecule has 1 N–H and O–H groups in total. The van der Waals surface area contributed by atoms with Crippen molar-refractivity contribution in [2.75, 3.05) is 19.0 Å². The lowest BCUT2D eigenvalue weighted by molar-refractivity contribution is -0.385. The standard InChI is InChI=1S/C18H17N3O5S/c1-4-26-14-8-11(12(21(23)24)9-13(14)25-3)17(22)20-18-19-16-10(2)6-5-7-15(16)27-18/h5-9H,4H2,1-3H3,(H,19,20,22). The van der Waals surface area contributed by atoms with Crippen molar-refractivity contribution in [3.63, 3.8) is 0 Å². The van der Waals surface area contributed by atoms with Gasteiger partial charge in [-0.05, 0) is 25.5 Å². The van der Waals surface area contributed by atoms with Crippen LogP contribution in [0, 0.1) is 17.0 Å². The smallest absolute Gasteiger partial charge is 0.286 e. The maximum atomic E-state index is 12.7. The third-order valence-electron chi connectivity index (χ3n) is 3.86. The molecule has 0 saturated heterocycles. The zero-order chi connectivity index (χ0) is 19.6. The average molecular weight is 387 g/mol. The molecule has 1 aromatic heterocycles. The highest BCUT2D eigenvalue weighted by atomic mass is 32.1. The number of para-hydroxylation sites is 1. The molecule has 0 fully saturated rings. The first-order valence-electron chi connectivity index (χ1n) is 8.11. The first-order chi connectivity index (χ1) is 12.9. The minimum absolute atomic E-state index is 0.125. The number of hydrogen-bond donors (Lipinski definition) is 1. The van der Waals surface area contributed by atoms with Crippen LogP contribution in [-0.4, -0.2) is 29.5 Å². The van der Waals surface area contributed by atoms with Crippen LogP contribution in [0.5, 0.6) is 11.5 Å². The van der Waals surface area contributed by atoms with Crippen LogP contribution in [0.25, 0.3) is 10.2 Å². The fourth-order valence-corrected chi connectivity index (χ4v) is 3.55. The predicted molar refractivity (Wildman–Crippen MR) is 103 cm³/mol. The molecule has 1 heterocycles.